The van der Waals surface area contributed by atoms with Gasteiger partial charge in [0.1, 0.15) is 17.2 Å². The molecular weight excluding hydrogens is 414 g/mol. The Morgan fingerprint density at radius 2 is 2.19 bits per heavy atom. The third kappa shape index (κ3) is 5.66. The van der Waals surface area contributed by atoms with Gasteiger partial charge in [0.2, 0.25) is 10.0 Å². The summed E-state index contributed by atoms with van der Waals surface area (Å²) in [5.41, 5.74) is 1.50. The fourth-order valence-electron chi connectivity index (χ4n) is 2.56. The summed E-state index contributed by atoms with van der Waals surface area (Å²) in [5.74, 6) is 0.181. The molecule has 0 saturated heterocycles. The van der Waals surface area contributed by atoms with Crippen LogP contribution >= 0.6 is 22.9 Å². The fraction of sp³-hybridized carbons (Fsp3) is 0.353. The lowest BCUT2D eigenvalue weighted by Gasteiger charge is -2.21. The van der Waals surface area contributed by atoms with Crippen LogP contribution in [0.15, 0.2) is 24.3 Å². The van der Waals surface area contributed by atoms with E-state index in [1.165, 1.54) is 11.3 Å². The molecule has 10 heteroatoms. The highest BCUT2D eigenvalue weighted by molar-refractivity contribution is 7.88. The van der Waals surface area contributed by atoms with Crippen molar-refractivity contribution in [1.29, 1.82) is 0 Å². The molecule has 2 heterocycles. The van der Waals surface area contributed by atoms with Gasteiger partial charge in [0.15, 0.2) is 6.79 Å². The van der Waals surface area contributed by atoms with Crippen LogP contribution in [0.2, 0.25) is 5.02 Å². The Bertz CT molecular complexity index is 941. The van der Waals surface area contributed by atoms with Crippen molar-refractivity contribution < 1.29 is 27.4 Å². The van der Waals surface area contributed by atoms with Crippen molar-refractivity contribution in [2.24, 2.45) is 0 Å². The smallest absolute Gasteiger partial charge is 0.348 e. The Labute approximate surface area is 166 Å². The number of benzene rings is 1. The van der Waals surface area contributed by atoms with Crippen molar-refractivity contribution >= 4 is 38.9 Å². The number of fused-ring (bicyclic) bond motifs is 1. The number of sulfonamides is 1. The van der Waals surface area contributed by atoms with Crippen LogP contribution in [0, 0.1) is 0 Å². The topological polar surface area (TPSA) is 90.9 Å². The van der Waals surface area contributed by atoms with E-state index in [4.69, 9.17) is 25.8 Å². The van der Waals surface area contributed by atoms with Gasteiger partial charge in [-0.25, -0.2) is 17.9 Å². The van der Waals surface area contributed by atoms with Gasteiger partial charge in [0.05, 0.1) is 12.9 Å². The Balaban J connectivity index is 1.60. The molecule has 3 rings (SSSR count). The molecule has 1 aliphatic rings. The van der Waals surface area contributed by atoms with Crippen LogP contribution in [0.4, 0.5) is 0 Å². The van der Waals surface area contributed by atoms with Gasteiger partial charge < -0.3 is 14.2 Å². The molecule has 1 aliphatic heterocycles. The van der Waals surface area contributed by atoms with Crippen LogP contribution in [0.3, 0.4) is 0 Å². The zero-order valence-corrected chi connectivity index (χ0v) is 16.9. The Morgan fingerprint density at radius 3 is 2.96 bits per heavy atom. The first-order chi connectivity index (χ1) is 12.8. The number of halogens is 1. The van der Waals surface area contributed by atoms with Crippen molar-refractivity contribution in [1.82, 2.24) is 4.72 Å². The molecule has 0 saturated carbocycles. The van der Waals surface area contributed by atoms with Crippen molar-refractivity contribution in [3.05, 3.63) is 50.2 Å². The third-order valence-electron chi connectivity index (χ3n) is 3.71. The highest BCUT2D eigenvalue weighted by Crippen LogP contribution is 2.32. The van der Waals surface area contributed by atoms with Gasteiger partial charge >= 0.3 is 5.97 Å². The normalized spacial score (nSPS) is 13.7. The predicted octanol–water partition coefficient (Wildman–Crippen LogP) is 2.72. The van der Waals surface area contributed by atoms with E-state index in [1.54, 1.807) is 24.3 Å². The van der Waals surface area contributed by atoms with Crippen LogP contribution in [0.5, 0.6) is 5.75 Å². The fourth-order valence-corrected chi connectivity index (χ4v) is 4.20. The van der Waals surface area contributed by atoms with Gasteiger partial charge in [-0.3, -0.25) is 0 Å². The van der Waals surface area contributed by atoms with Gasteiger partial charge in [-0.15, -0.1) is 11.3 Å². The highest BCUT2D eigenvalue weighted by atomic mass is 35.5. The lowest BCUT2D eigenvalue weighted by molar-refractivity contribution is -0.0180. The van der Waals surface area contributed by atoms with Gasteiger partial charge in [-0.05, 0) is 30.7 Å². The summed E-state index contributed by atoms with van der Waals surface area (Å²) in [6.45, 7) is 0.852. The molecule has 146 valence electrons. The Kier molecular flexibility index (Phi) is 6.38. The first-order valence-corrected chi connectivity index (χ1v) is 11.1. The lowest BCUT2D eigenvalue weighted by atomic mass is 10.1. The average molecular weight is 432 g/mol. The molecule has 0 unspecified atom stereocenters. The molecule has 27 heavy (non-hydrogen) atoms. The highest BCUT2D eigenvalue weighted by Gasteiger charge is 2.18. The summed E-state index contributed by atoms with van der Waals surface area (Å²) < 4.78 is 40.7. The largest absolute Gasteiger partial charge is 0.467 e. The summed E-state index contributed by atoms with van der Waals surface area (Å²) in [7, 11) is -3.22. The van der Waals surface area contributed by atoms with E-state index in [2.05, 4.69) is 4.72 Å². The maximum Gasteiger partial charge on any atom is 0.348 e. The molecule has 0 amide bonds. The maximum atomic E-state index is 12.3. The monoisotopic (exact) mass is 431 g/mol. The van der Waals surface area contributed by atoms with Gasteiger partial charge in [-0.2, -0.15) is 0 Å². The molecule has 0 atom stereocenters. The van der Waals surface area contributed by atoms with Crippen LogP contribution in [0.25, 0.3) is 0 Å². The molecule has 0 spiro atoms. The minimum absolute atomic E-state index is 0.0323. The first kappa shape index (κ1) is 20.1. The molecular formula is C17H18ClNO6S2. The van der Waals surface area contributed by atoms with E-state index >= 15 is 0 Å². The number of carbonyl (C=O) groups is 1. The van der Waals surface area contributed by atoms with Crippen molar-refractivity contribution in [2.45, 2.75) is 19.6 Å². The number of hydrogen-bond acceptors (Lipinski definition) is 7. The maximum absolute atomic E-state index is 12.3. The van der Waals surface area contributed by atoms with Gasteiger partial charge in [-0.1, -0.05) is 11.6 Å². The lowest BCUT2D eigenvalue weighted by Crippen LogP contribution is -2.23. The average Bonchev–Trinajstić information content (AvgIpc) is 3.07. The summed E-state index contributed by atoms with van der Waals surface area (Å²) >= 11 is 7.37. The number of hydrogen-bond donors (Lipinski definition) is 1. The number of carbonyl (C=O) groups excluding carboxylic acids is 1. The van der Waals surface area contributed by atoms with Crippen LogP contribution in [-0.4, -0.2) is 34.0 Å². The molecule has 1 aromatic carbocycles. The van der Waals surface area contributed by atoms with Crippen LogP contribution in [-0.2, 0) is 39.1 Å². The standard InChI is InChI=1S/C17H18ClNO6S2/c1-27(21,22)19-5-4-14-2-3-15(26-14)17(20)24-9-12-7-13(18)6-11-8-23-10-25-16(11)12/h2-3,6-7,19H,4-5,8-10H2,1H3. The molecule has 1 aromatic heterocycles. The van der Waals surface area contributed by atoms with Crippen molar-refractivity contribution in [2.75, 3.05) is 19.6 Å². The van der Waals surface area contributed by atoms with Gasteiger partial charge in [0, 0.05) is 27.6 Å². The second kappa shape index (κ2) is 8.57. The van der Waals surface area contributed by atoms with E-state index in [1.807, 2.05) is 0 Å². The van der Waals surface area contributed by atoms with Crippen molar-refractivity contribution in [3.8, 4) is 5.75 Å². The molecule has 0 aliphatic carbocycles. The van der Waals surface area contributed by atoms with E-state index in [-0.39, 0.29) is 19.9 Å². The van der Waals surface area contributed by atoms with Crippen molar-refractivity contribution in [3.63, 3.8) is 0 Å². The third-order valence-corrected chi connectivity index (χ3v) is 5.78. The minimum atomic E-state index is -3.22. The number of thiophene rings is 1. The zero-order valence-electron chi connectivity index (χ0n) is 14.5. The minimum Gasteiger partial charge on any atom is -0.467 e. The molecule has 0 radical (unpaired) electrons. The van der Waals surface area contributed by atoms with Crippen LogP contribution in [0.1, 0.15) is 25.7 Å². The molecule has 0 bridgehead atoms. The quantitative estimate of drug-likeness (QED) is 0.678. The number of rotatable bonds is 7. The molecule has 1 N–H and O–H groups in total. The molecule has 0 fully saturated rings. The summed E-state index contributed by atoms with van der Waals surface area (Å²) in [6.07, 6.45) is 1.61. The van der Waals surface area contributed by atoms with E-state index < -0.39 is 16.0 Å². The number of esters is 1. The first-order valence-electron chi connectivity index (χ1n) is 8.04. The molecule has 7 nitrogen and oxygen atoms in total. The van der Waals surface area contributed by atoms with Gasteiger partial charge in [0.25, 0.3) is 0 Å². The summed E-state index contributed by atoms with van der Waals surface area (Å²) in [4.78, 5) is 13.6. The number of ether oxygens (including phenoxy) is 3. The molecule has 2 aromatic rings. The van der Waals surface area contributed by atoms with E-state index in [0.29, 0.717) is 34.2 Å². The second-order valence-electron chi connectivity index (χ2n) is 5.92. The summed E-state index contributed by atoms with van der Waals surface area (Å²) in [6, 6.07) is 6.92. The van der Waals surface area contributed by atoms with Crippen LogP contribution < -0.4 is 9.46 Å². The Morgan fingerprint density at radius 1 is 1.37 bits per heavy atom. The van der Waals surface area contributed by atoms with E-state index in [0.717, 1.165) is 16.7 Å². The Hall–Kier alpha value is -1.65. The zero-order chi connectivity index (χ0) is 19.4. The summed E-state index contributed by atoms with van der Waals surface area (Å²) in [5, 5.41) is 0.519. The SMILES string of the molecule is CS(=O)(=O)NCCc1ccc(C(=O)OCc2cc(Cl)cc3c2OCOC3)s1. The number of nitrogens with one attached hydrogen (secondary N) is 1. The predicted molar refractivity (Wildman–Crippen MR) is 102 cm³/mol. The van der Waals surface area contributed by atoms with E-state index in [9.17, 15) is 13.2 Å². The second-order valence-corrected chi connectivity index (χ2v) is 9.36.